The van der Waals surface area contributed by atoms with Gasteiger partial charge in [-0.15, -0.1) is 0 Å². The molecule has 0 aromatic carbocycles. The highest BCUT2D eigenvalue weighted by Gasteiger charge is 2.16. The van der Waals surface area contributed by atoms with E-state index < -0.39 is 0 Å². The van der Waals surface area contributed by atoms with Gasteiger partial charge >= 0.3 is 0 Å². The predicted molar refractivity (Wildman–Crippen MR) is 54.5 cm³/mol. The maximum atomic E-state index is 5.78. The number of halogens is 1. The molecule has 15 heavy (non-hydrogen) atoms. The molecule has 0 saturated carbocycles. The Bertz CT molecular complexity index is 452. The van der Waals surface area contributed by atoms with E-state index in [9.17, 15) is 0 Å². The number of rotatable bonds is 3. The maximum absolute atomic E-state index is 5.78. The molecule has 5 nitrogen and oxygen atoms in total. The summed E-state index contributed by atoms with van der Waals surface area (Å²) in [6.45, 7) is 2.39. The molecule has 6 heteroatoms. The minimum atomic E-state index is 0.0631. The molecule has 0 aliphatic rings. The van der Waals surface area contributed by atoms with Crippen molar-refractivity contribution in [1.82, 2.24) is 10.1 Å². The molecule has 2 rings (SSSR count). The average Bonchev–Trinajstić information content (AvgIpc) is 2.84. The molecular formula is C9H10ClN3O2. The molecule has 80 valence electrons. The lowest BCUT2D eigenvalue weighted by molar-refractivity contribution is 0.417. The second kappa shape index (κ2) is 4.04. The molecule has 2 N–H and O–H groups in total. The quantitative estimate of drug-likeness (QED) is 0.868. The fourth-order valence-corrected chi connectivity index (χ4v) is 1.29. The van der Waals surface area contributed by atoms with E-state index in [1.165, 1.54) is 6.26 Å². The second-order valence-corrected chi connectivity index (χ2v) is 3.55. The van der Waals surface area contributed by atoms with Crippen molar-refractivity contribution in [2.75, 3.05) is 6.54 Å². The number of hydrogen-bond acceptors (Lipinski definition) is 5. The smallest absolute Gasteiger partial charge is 0.262 e. The standard InChI is InChI=1S/C9H10ClN3O2/c1-5(4-11)8-12-9(15-13-8)6-2-3-14-7(6)10/h2-3,5H,4,11H2,1H3. The van der Waals surface area contributed by atoms with Gasteiger partial charge in [-0.1, -0.05) is 12.1 Å². The van der Waals surface area contributed by atoms with Gasteiger partial charge < -0.3 is 14.7 Å². The first-order valence-corrected chi connectivity index (χ1v) is 4.87. The van der Waals surface area contributed by atoms with Crippen molar-refractivity contribution in [3.63, 3.8) is 0 Å². The summed E-state index contributed by atoms with van der Waals surface area (Å²) in [6, 6.07) is 1.67. The summed E-state index contributed by atoms with van der Waals surface area (Å²) in [5.74, 6) is 0.988. The molecular weight excluding hydrogens is 218 g/mol. The van der Waals surface area contributed by atoms with E-state index in [1.807, 2.05) is 6.92 Å². The maximum Gasteiger partial charge on any atom is 0.262 e. The van der Waals surface area contributed by atoms with Crippen LogP contribution in [0.5, 0.6) is 0 Å². The lowest BCUT2D eigenvalue weighted by atomic mass is 10.2. The molecule has 0 saturated heterocycles. The van der Waals surface area contributed by atoms with Crippen LogP contribution in [0.4, 0.5) is 0 Å². The van der Waals surface area contributed by atoms with Crippen LogP contribution in [0.25, 0.3) is 11.5 Å². The fraction of sp³-hybridized carbons (Fsp3) is 0.333. The first kappa shape index (κ1) is 10.2. The van der Waals surface area contributed by atoms with E-state index in [1.54, 1.807) is 6.07 Å². The number of hydrogen-bond donors (Lipinski definition) is 1. The molecule has 2 heterocycles. The first-order chi connectivity index (χ1) is 7.22. The van der Waals surface area contributed by atoms with Crippen molar-refractivity contribution < 1.29 is 8.94 Å². The average molecular weight is 228 g/mol. The number of nitrogens with two attached hydrogens (primary N) is 1. The van der Waals surface area contributed by atoms with Gasteiger partial charge in [-0.2, -0.15) is 4.98 Å². The van der Waals surface area contributed by atoms with Crippen LogP contribution in [-0.4, -0.2) is 16.7 Å². The van der Waals surface area contributed by atoms with Crippen LogP contribution in [0.2, 0.25) is 5.22 Å². The third-order valence-electron chi connectivity index (χ3n) is 2.08. The molecule has 0 aliphatic carbocycles. The van der Waals surface area contributed by atoms with Gasteiger partial charge in [0.15, 0.2) is 5.82 Å². The van der Waals surface area contributed by atoms with Crippen molar-refractivity contribution in [2.45, 2.75) is 12.8 Å². The third-order valence-corrected chi connectivity index (χ3v) is 2.38. The Balaban J connectivity index is 2.32. The van der Waals surface area contributed by atoms with Gasteiger partial charge in [0.05, 0.1) is 11.8 Å². The SMILES string of the molecule is CC(CN)c1noc(-c2ccoc2Cl)n1. The van der Waals surface area contributed by atoms with Crippen molar-refractivity contribution >= 4 is 11.6 Å². The first-order valence-electron chi connectivity index (χ1n) is 4.49. The molecule has 0 bridgehead atoms. The van der Waals surface area contributed by atoms with E-state index in [4.69, 9.17) is 26.3 Å². The summed E-state index contributed by atoms with van der Waals surface area (Å²) in [6.07, 6.45) is 1.47. The Morgan fingerprint density at radius 3 is 3.00 bits per heavy atom. The predicted octanol–water partition coefficient (Wildman–Crippen LogP) is 2.05. The number of nitrogens with zero attached hydrogens (tertiary/aromatic N) is 2. The van der Waals surface area contributed by atoms with Gasteiger partial charge in [0.1, 0.15) is 0 Å². The van der Waals surface area contributed by atoms with Gasteiger partial charge in [0, 0.05) is 12.5 Å². The van der Waals surface area contributed by atoms with E-state index in [2.05, 4.69) is 10.1 Å². The summed E-state index contributed by atoms with van der Waals surface area (Å²) in [7, 11) is 0. The normalized spacial score (nSPS) is 13.0. The molecule has 2 aromatic heterocycles. The van der Waals surface area contributed by atoms with Crippen LogP contribution < -0.4 is 5.73 Å². The van der Waals surface area contributed by atoms with E-state index >= 15 is 0 Å². The highest BCUT2D eigenvalue weighted by molar-refractivity contribution is 6.31. The van der Waals surface area contributed by atoms with Crippen LogP contribution in [-0.2, 0) is 0 Å². The zero-order valence-corrected chi connectivity index (χ0v) is 8.86. The molecule has 0 radical (unpaired) electrons. The second-order valence-electron chi connectivity index (χ2n) is 3.20. The summed E-state index contributed by atoms with van der Waals surface area (Å²) in [4.78, 5) is 4.18. The highest BCUT2D eigenvalue weighted by Crippen LogP contribution is 2.28. The van der Waals surface area contributed by atoms with Crippen molar-refractivity contribution in [2.24, 2.45) is 5.73 Å². The number of furan rings is 1. The molecule has 0 aliphatic heterocycles. The Morgan fingerprint density at radius 2 is 2.40 bits per heavy atom. The molecule has 1 atom stereocenters. The van der Waals surface area contributed by atoms with Crippen molar-refractivity contribution in [3.05, 3.63) is 23.4 Å². The van der Waals surface area contributed by atoms with E-state index in [0.29, 0.717) is 23.8 Å². The van der Waals surface area contributed by atoms with Gasteiger partial charge in [0.25, 0.3) is 5.89 Å². The largest absolute Gasteiger partial charge is 0.452 e. The van der Waals surface area contributed by atoms with E-state index in [-0.39, 0.29) is 11.1 Å². The van der Waals surface area contributed by atoms with Crippen LogP contribution >= 0.6 is 11.6 Å². The summed E-state index contributed by atoms with van der Waals surface area (Å²) in [5, 5.41) is 4.06. The lowest BCUT2D eigenvalue weighted by Crippen LogP contribution is -2.10. The van der Waals surface area contributed by atoms with Crippen LogP contribution in [0.15, 0.2) is 21.3 Å². The fourth-order valence-electron chi connectivity index (χ4n) is 1.10. The molecule has 0 spiro atoms. The topological polar surface area (TPSA) is 78.1 Å². The highest BCUT2D eigenvalue weighted by atomic mass is 35.5. The van der Waals surface area contributed by atoms with Crippen molar-refractivity contribution in [1.29, 1.82) is 0 Å². The summed E-state index contributed by atoms with van der Waals surface area (Å²) >= 11 is 5.78. The van der Waals surface area contributed by atoms with Gasteiger partial charge in [-0.05, 0) is 17.7 Å². The molecule has 2 aromatic rings. The third kappa shape index (κ3) is 1.88. The van der Waals surface area contributed by atoms with Crippen LogP contribution in [0.1, 0.15) is 18.7 Å². The van der Waals surface area contributed by atoms with Crippen LogP contribution in [0, 0.1) is 0 Å². The number of aromatic nitrogens is 2. The molecule has 0 fully saturated rings. The Morgan fingerprint density at radius 1 is 1.60 bits per heavy atom. The zero-order valence-electron chi connectivity index (χ0n) is 8.11. The minimum Gasteiger partial charge on any atom is -0.452 e. The van der Waals surface area contributed by atoms with Crippen molar-refractivity contribution in [3.8, 4) is 11.5 Å². The summed E-state index contributed by atoms with van der Waals surface area (Å²) in [5.41, 5.74) is 6.09. The van der Waals surface area contributed by atoms with Gasteiger partial charge in [0.2, 0.25) is 5.22 Å². The zero-order chi connectivity index (χ0) is 10.8. The minimum absolute atomic E-state index is 0.0631. The Kier molecular flexibility index (Phi) is 2.75. The monoisotopic (exact) mass is 227 g/mol. The van der Waals surface area contributed by atoms with Gasteiger partial charge in [-0.25, -0.2) is 0 Å². The van der Waals surface area contributed by atoms with E-state index in [0.717, 1.165) is 0 Å². The van der Waals surface area contributed by atoms with Gasteiger partial charge in [-0.3, -0.25) is 0 Å². The molecule has 1 unspecified atom stereocenters. The molecule has 0 amide bonds. The lowest BCUT2D eigenvalue weighted by Gasteiger charge is -1.98. The summed E-state index contributed by atoms with van der Waals surface area (Å²) < 4.78 is 9.98. The Hall–Kier alpha value is -1.33. The van der Waals surface area contributed by atoms with Crippen LogP contribution in [0.3, 0.4) is 0 Å². The Labute approximate surface area is 91.2 Å².